The molecule has 0 saturated carbocycles. The number of methoxy groups -OCH3 is 1. The zero-order valence-corrected chi connectivity index (χ0v) is 10.7. The number of aryl methyl sites for hydroxylation is 1. The van der Waals surface area contributed by atoms with Gasteiger partial charge in [-0.2, -0.15) is 0 Å². The van der Waals surface area contributed by atoms with Gasteiger partial charge in [0.2, 0.25) is 0 Å². The van der Waals surface area contributed by atoms with Crippen molar-refractivity contribution in [3.8, 4) is 0 Å². The predicted octanol–water partition coefficient (Wildman–Crippen LogP) is 2.56. The van der Waals surface area contributed by atoms with Gasteiger partial charge in [-0.05, 0) is 26.8 Å². The van der Waals surface area contributed by atoms with Gasteiger partial charge in [-0.25, -0.2) is 0 Å². The molecule has 0 amide bonds. The summed E-state index contributed by atoms with van der Waals surface area (Å²) in [6.07, 6.45) is -0.121. The number of carbonyl (C=O) groups is 2. The first-order valence-electron chi connectivity index (χ1n) is 5.55. The van der Waals surface area contributed by atoms with Gasteiger partial charge in [-0.3, -0.25) is 9.59 Å². The molecule has 0 heterocycles. The molecule has 0 N–H and O–H groups in total. The molecule has 3 nitrogen and oxygen atoms in total. The lowest BCUT2D eigenvalue weighted by Gasteiger charge is -2.20. The zero-order valence-electron chi connectivity index (χ0n) is 10.7. The first-order valence-corrected chi connectivity index (χ1v) is 5.55. The summed E-state index contributed by atoms with van der Waals surface area (Å²) >= 11 is 0. The summed E-state index contributed by atoms with van der Waals surface area (Å²) in [4.78, 5) is 23.7. The molecule has 1 aromatic carbocycles. The molecule has 0 unspecified atom stereocenters. The van der Waals surface area contributed by atoms with Crippen LogP contribution in [0.1, 0.15) is 36.2 Å². The average molecular weight is 234 g/mol. The van der Waals surface area contributed by atoms with E-state index in [1.165, 1.54) is 7.11 Å². The Labute approximate surface area is 102 Å². The van der Waals surface area contributed by atoms with Crippen LogP contribution in [0.5, 0.6) is 0 Å². The first kappa shape index (κ1) is 13.6. The molecule has 0 fully saturated rings. The average Bonchev–Trinajstić information content (AvgIpc) is 2.28. The molecule has 17 heavy (non-hydrogen) atoms. The molecule has 0 aromatic heterocycles. The van der Waals surface area contributed by atoms with E-state index in [1.807, 2.05) is 19.1 Å². The predicted molar refractivity (Wildman–Crippen MR) is 66.2 cm³/mol. The lowest BCUT2D eigenvalue weighted by Crippen LogP contribution is -2.35. The summed E-state index contributed by atoms with van der Waals surface area (Å²) in [5.41, 5.74) is 0.680. The fourth-order valence-corrected chi connectivity index (χ4v) is 1.39. The summed E-state index contributed by atoms with van der Waals surface area (Å²) in [6.45, 7) is 5.25. The van der Waals surface area contributed by atoms with Crippen LogP contribution in [-0.2, 0) is 9.53 Å². The molecule has 1 aromatic rings. The van der Waals surface area contributed by atoms with Crippen molar-refractivity contribution < 1.29 is 14.3 Å². The van der Waals surface area contributed by atoms with Crippen LogP contribution in [-0.4, -0.2) is 24.3 Å². The minimum Gasteiger partial charge on any atom is -0.371 e. The van der Waals surface area contributed by atoms with Crippen LogP contribution in [0.4, 0.5) is 0 Å². The van der Waals surface area contributed by atoms with Crippen molar-refractivity contribution in [3.63, 3.8) is 0 Å². The Hall–Kier alpha value is -1.48. The van der Waals surface area contributed by atoms with E-state index in [4.69, 9.17) is 4.74 Å². The Morgan fingerprint density at radius 1 is 1.29 bits per heavy atom. The quantitative estimate of drug-likeness (QED) is 0.581. The van der Waals surface area contributed by atoms with E-state index in [2.05, 4.69) is 0 Å². The molecule has 92 valence electrons. The second kappa shape index (κ2) is 5.23. The topological polar surface area (TPSA) is 43.4 Å². The Morgan fingerprint density at radius 2 is 1.94 bits per heavy atom. The molecular formula is C14H18O3. The van der Waals surface area contributed by atoms with E-state index in [-0.39, 0.29) is 18.0 Å². The Balaban J connectivity index is 2.77. The Kier molecular flexibility index (Phi) is 4.18. The number of benzene rings is 1. The van der Waals surface area contributed by atoms with Crippen molar-refractivity contribution in [2.45, 2.75) is 32.8 Å². The number of ether oxygens (including phenoxy) is 1. The highest BCUT2D eigenvalue weighted by Crippen LogP contribution is 2.14. The van der Waals surface area contributed by atoms with Gasteiger partial charge in [0, 0.05) is 12.7 Å². The molecule has 1 rings (SSSR count). The zero-order chi connectivity index (χ0) is 13.1. The fraction of sp³-hybridized carbons (Fsp3) is 0.429. The summed E-state index contributed by atoms with van der Waals surface area (Å²) in [6, 6.07) is 7.24. The van der Waals surface area contributed by atoms with Gasteiger partial charge >= 0.3 is 0 Å². The molecule has 0 atom stereocenters. The second-order valence-electron chi connectivity index (χ2n) is 4.61. The SMILES string of the molecule is COC(C)(C)C(=O)CC(=O)c1cccc(C)c1. The van der Waals surface area contributed by atoms with Gasteiger partial charge in [0.15, 0.2) is 11.6 Å². The standard InChI is InChI=1S/C14H18O3/c1-10-6-5-7-11(8-10)12(15)9-13(16)14(2,3)17-4/h5-8H,9H2,1-4H3. The highest BCUT2D eigenvalue weighted by atomic mass is 16.5. The number of hydrogen-bond donors (Lipinski definition) is 0. The number of rotatable bonds is 5. The summed E-state index contributed by atoms with van der Waals surface area (Å²) in [5.74, 6) is -0.365. The van der Waals surface area contributed by atoms with Gasteiger partial charge in [0.1, 0.15) is 5.60 Å². The van der Waals surface area contributed by atoms with Crippen molar-refractivity contribution in [1.82, 2.24) is 0 Å². The number of Topliss-reactive ketones (excluding diaryl/α,β-unsaturated/α-hetero) is 2. The van der Waals surface area contributed by atoms with Gasteiger partial charge in [0.25, 0.3) is 0 Å². The summed E-state index contributed by atoms with van der Waals surface area (Å²) < 4.78 is 5.06. The van der Waals surface area contributed by atoms with E-state index >= 15 is 0 Å². The van der Waals surface area contributed by atoms with Crippen LogP contribution in [0.2, 0.25) is 0 Å². The van der Waals surface area contributed by atoms with Crippen molar-refractivity contribution >= 4 is 11.6 Å². The van der Waals surface area contributed by atoms with Crippen LogP contribution in [0.25, 0.3) is 0 Å². The van der Waals surface area contributed by atoms with Gasteiger partial charge < -0.3 is 4.74 Å². The van der Waals surface area contributed by atoms with Crippen molar-refractivity contribution in [2.24, 2.45) is 0 Å². The smallest absolute Gasteiger partial charge is 0.171 e. The maximum atomic E-state index is 11.9. The molecule has 3 heteroatoms. The van der Waals surface area contributed by atoms with E-state index < -0.39 is 5.60 Å². The maximum absolute atomic E-state index is 11.9. The molecule has 0 aliphatic heterocycles. The lowest BCUT2D eigenvalue weighted by atomic mass is 9.96. The van der Waals surface area contributed by atoms with E-state index in [0.29, 0.717) is 5.56 Å². The third-order valence-corrected chi connectivity index (χ3v) is 2.84. The van der Waals surface area contributed by atoms with Crippen LogP contribution in [0, 0.1) is 6.92 Å². The van der Waals surface area contributed by atoms with Crippen molar-refractivity contribution in [1.29, 1.82) is 0 Å². The van der Waals surface area contributed by atoms with Crippen LogP contribution < -0.4 is 0 Å². The van der Waals surface area contributed by atoms with Gasteiger partial charge in [0.05, 0.1) is 6.42 Å². The summed E-state index contributed by atoms with van der Waals surface area (Å²) in [7, 11) is 1.47. The van der Waals surface area contributed by atoms with E-state index in [1.54, 1.807) is 26.0 Å². The van der Waals surface area contributed by atoms with Crippen LogP contribution in [0.15, 0.2) is 24.3 Å². The third kappa shape index (κ3) is 3.49. The van der Waals surface area contributed by atoms with Crippen molar-refractivity contribution in [3.05, 3.63) is 35.4 Å². The monoisotopic (exact) mass is 234 g/mol. The lowest BCUT2D eigenvalue weighted by molar-refractivity contribution is -0.136. The van der Waals surface area contributed by atoms with E-state index in [0.717, 1.165) is 5.56 Å². The molecule has 0 saturated heterocycles. The minimum atomic E-state index is -0.903. The number of ketones is 2. The van der Waals surface area contributed by atoms with Crippen LogP contribution in [0.3, 0.4) is 0 Å². The molecular weight excluding hydrogens is 216 g/mol. The number of hydrogen-bond acceptors (Lipinski definition) is 3. The highest BCUT2D eigenvalue weighted by Gasteiger charge is 2.28. The van der Waals surface area contributed by atoms with E-state index in [9.17, 15) is 9.59 Å². The Morgan fingerprint density at radius 3 is 2.47 bits per heavy atom. The second-order valence-corrected chi connectivity index (χ2v) is 4.61. The molecule has 0 aliphatic carbocycles. The highest BCUT2D eigenvalue weighted by molar-refractivity contribution is 6.10. The normalized spacial score (nSPS) is 11.3. The first-order chi connectivity index (χ1) is 7.86. The minimum absolute atomic E-state index is 0.121. The molecule has 0 spiro atoms. The number of carbonyl (C=O) groups excluding carboxylic acids is 2. The largest absolute Gasteiger partial charge is 0.371 e. The molecule has 0 radical (unpaired) electrons. The fourth-order valence-electron chi connectivity index (χ4n) is 1.39. The Bertz CT molecular complexity index is 433. The van der Waals surface area contributed by atoms with Gasteiger partial charge in [-0.1, -0.05) is 23.8 Å². The van der Waals surface area contributed by atoms with Gasteiger partial charge in [-0.15, -0.1) is 0 Å². The molecule has 0 aliphatic rings. The van der Waals surface area contributed by atoms with Crippen LogP contribution >= 0.6 is 0 Å². The molecule has 0 bridgehead atoms. The van der Waals surface area contributed by atoms with Crippen molar-refractivity contribution in [2.75, 3.05) is 7.11 Å². The third-order valence-electron chi connectivity index (χ3n) is 2.84. The maximum Gasteiger partial charge on any atom is 0.171 e. The summed E-state index contributed by atoms with van der Waals surface area (Å²) in [5, 5.41) is 0.